The third-order valence-corrected chi connectivity index (χ3v) is 3.50. The zero-order valence-corrected chi connectivity index (χ0v) is 12.9. The maximum absolute atomic E-state index is 11.3. The van der Waals surface area contributed by atoms with Crippen molar-refractivity contribution < 1.29 is 9.53 Å². The number of carbonyl (C=O) groups excluding carboxylic acids is 1. The summed E-state index contributed by atoms with van der Waals surface area (Å²) in [6.07, 6.45) is 1.53. The maximum Gasteiger partial charge on any atom is 0.339 e. The molecule has 0 bridgehead atoms. The summed E-state index contributed by atoms with van der Waals surface area (Å²) in [7, 11) is 1.35. The van der Waals surface area contributed by atoms with E-state index in [4.69, 9.17) is 18.0 Å². The second-order valence-corrected chi connectivity index (χ2v) is 5.13. The average molecular weight is 295 g/mol. The summed E-state index contributed by atoms with van der Waals surface area (Å²) < 4.78 is 4.64. The zero-order valence-electron chi connectivity index (χ0n) is 12.1. The number of hydrogen-bond acceptors (Lipinski definition) is 5. The first-order valence-corrected chi connectivity index (χ1v) is 6.93. The fourth-order valence-corrected chi connectivity index (χ4v) is 1.84. The maximum atomic E-state index is 11.3. The minimum Gasteiger partial charge on any atom is -0.465 e. The average Bonchev–Trinajstić information content (AvgIpc) is 2.46. The van der Waals surface area contributed by atoms with Crippen molar-refractivity contribution in [3.05, 3.63) is 29.6 Å². The van der Waals surface area contributed by atoms with Crippen LogP contribution in [0.25, 0.3) is 0 Å². The number of esters is 1. The molecule has 1 heterocycles. The van der Waals surface area contributed by atoms with Gasteiger partial charge in [0, 0.05) is 25.2 Å². The van der Waals surface area contributed by atoms with E-state index in [0.29, 0.717) is 17.1 Å². The number of carbonyl (C=O) groups is 1. The molecule has 0 aliphatic carbocycles. The second kappa shape index (κ2) is 7.91. The number of nitrogens with two attached hydrogens (primary N) is 1. The van der Waals surface area contributed by atoms with Crippen LogP contribution in [0.4, 0.5) is 0 Å². The van der Waals surface area contributed by atoms with Gasteiger partial charge in [0.15, 0.2) is 0 Å². The van der Waals surface area contributed by atoms with Crippen molar-refractivity contribution in [2.24, 2.45) is 11.7 Å². The normalized spacial score (nSPS) is 12.2. The van der Waals surface area contributed by atoms with E-state index in [1.165, 1.54) is 13.3 Å². The lowest BCUT2D eigenvalue weighted by Crippen LogP contribution is -2.33. The van der Waals surface area contributed by atoms with Crippen LogP contribution >= 0.6 is 12.2 Å². The largest absolute Gasteiger partial charge is 0.465 e. The monoisotopic (exact) mass is 295 g/mol. The molecule has 0 aliphatic rings. The molecule has 1 atom stereocenters. The van der Waals surface area contributed by atoms with Gasteiger partial charge >= 0.3 is 5.97 Å². The summed E-state index contributed by atoms with van der Waals surface area (Å²) in [5.41, 5.74) is 6.99. The predicted octanol–water partition coefficient (Wildman–Crippen LogP) is 1.61. The lowest BCUT2D eigenvalue weighted by atomic mass is 10.1. The standard InChI is InChI=1S/C14H21N3O2S/c1-4-17(8-10(2)13(15)20)9-12-6-5-11(7-16-12)14(18)19-3/h5-7,10H,4,8-9H2,1-3H3,(H2,15,20). The van der Waals surface area contributed by atoms with Crippen molar-refractivity contribution in [3.8, 4) is 0 Å². The van der Waals surface area contributed by atoms with Gasteiger partial charge in [-0.1, -0.05) is 26.1 Å². The Balaban J connectivity index is 2.66. The van der Waals surface area contributed by atoms with Crippen LogP contribution in [0.3, 0.4) is 0 Å². The molecule has 1 aromatic heterocycles. The molecule has 6 heteroatoms. The summed E-state index contributed by atoms with van der Waals surface area (Å²) in [4.78, 5) is 18.3. The molecule has 0 amide bonds. The number of methoxy groups -OCH3 is 1. The molecule has 1 rings (SSSR count). The van der Waals surface area contributed by atoms with E-state index in [0.717, 1.165) is 18.8 Å². The number of nitrogens with zero attached hydrogens (tertiary/aromatic N) is 2. The van der Waals surface area contributed by atoms with Gasteiger partial charge in [0.05, 0.1) is 23.4 Å². The molecule has 0 aliphatic heterocycles. The highest BCUT2D eigenvalue weighted by molar-refractivity contribution is 7.80. The third kappa shape index (κ3) is 4.86. The Bertz CT molecular complexity index is 462. The van der Waals surface area contributed by atoms with Crippen LogP contribution in [-0.2, 0) is 11.3 Å². The van der Waals surface area contributed by atoms with E-state index in [2.05, 4.69) is 21.5 Å². The highest BCUT2D eigenvalue weighted by Gasteiger charge is 2.12. The molecule has 110 valence electrons. The van der Waals surface area contributed by atoms with E-state index in [1.807, 2.05) is 13.0 Å². The number of hydrogen-bond donors (Lipinski definition) is 1. The Morgan fingerprint density at radius 3 is 2.70 bits per heavy atom. The molecule has 0 radical (unpaired) electrons. The highest BCUT2D eigenvalue weighted by Crippen LogP contribution is 2.08. The first kappa shape index (κ1) is 16.5. The molecule has 0 spiro atoms. The SMILES string of the molecule is CCN(Cc1ccc(C(=O)OC)cn1)CC(C)C(N)=S. The summed E-state index contributed by atoms with van der Waals surface area (Å²) in [6.45, 7) is 6.47. The van der Waals surface area contributed by atoms with Crippen LogP contribution in [0.15, 0.2) is 18.3 Å². The fraction of sp³-hybridized carbons (Fsp3) is 0.500. The van der Waals surface area contributed by atoms with Crippen molar-refractivity contribution >= 4 is 23.2 Å². The van der Waals surface area contributed by atoms with Gasteiger partial charge < -0.3 is 10.5 Å². The van der Waals surface area contributed by atoms with Gasteiger partial charge in [-0.05, 0) is 18.7 Å². The van der Waals surface area contributed by atoms with E-state index in [1.54, 1.807) is 6.07 Å². The Labute approximate surface area is 125 Å². The van der Waals surface area contributed by atoms with Crippen LogP contribution in [0.2, 0.25) is 0 Å². The predicted molar refractivity (Wildman–Crippen MR) is 82.5 cm³/mol. The number of thiocarbonyl (C=S) groups is 1. The first-order chi connectivity index (χ1) is 9.47. The van der Waals surface area contributed by atoms with Gasteiger partial charge in [0.2, 0.25) is 0 Å². The van der Waals surface area contributed by atoms with Crippen molar-refractivity contribution in [2.75, 3.05) is 20.2 Å². The highest BCUT2D eigenvalue weighted by atomic mass is 32.1. The molecular formula is C14H21N3O2S. The zero-order chi connectivity index (χ0) is 15.1. The van der Waals surface area contributed by atoms with Crippen molar-refractivity contribution in [1.29, 1.82) is 0 Å². The quantitative estimate of drug-likeness (QED) is 0.609. The molecule has 1 unspecified atom stereocenters. The first-order valence-electron chi connectivity index (χ1n) is 6.52. The smallest absolute Gasteiger partial charge is 0.339 e. The summed E-state index contributed by atoms with van der Waals surface area (Å²) in [5.74, 6) is -0.210. The number of aromatic nitrogens is 1. The van der Waals surface area contributed by atoms with Gasteiger partial charge in [-0.25, -0.2) is 4.79 Å². The van der Waals surface area contributed by atoms with E-state index in [9.17, 15) is 4.79 Å². The van der Waals surface area contributed by atoms with Crippen LogP contribution in [0, 0.1) is 5.92 Å². The molecule has 0 saturated heterocycles. The van der Waals surface area contributed by atoms with Gasteiger partial charge in [-0.2, -0.15) is 0 Å². The lowest BCUT2D eigenvalue weighted by Gasteiger charge is -2.23. The number of ether oxygens (including phenoxy) is 1. The molecular weight excluding hydrogens is 274 g/mol. The fourth-order valence-electron chi connectivity index (χ4n) is 1.77. The molecule has 2 N–H and O–H groups in total. The van der Waals surface area contributed by atoms with Gasteiger partial charge in [0.25, 0.3) is 0 Å². The number of pyridine rings is 1. The van der Waals surface area contributed by atoms with Crippen molar-refractivity contribution in [1.82, 2.24) is 9.88 Å². The number of rotatable bonds is 7. The third-order valence-electron chi connectivity index (χ3n) is 3.10. The van der Waals surface area contributed by atoms with Crippen LogP contribution in [0.1, 0.15) is 29.9 Å². The van der Waals surface area contributed by atoms with Crippen molar-refractivity contribution in [2.45, 2.75) is 20.4 Å². The summed E-state index contributed by atoms with van der Waals surface area (Å²) in [6, 6.07) is 3.55. The summed E-state index contributed by atoms with van der Waals surface area (Å²) >= 11 is 4.99. The van der Waals surface area contributed by atoms with Gasteiger partial charge in [-0.15, -0.1) is 0 Å². The molecule has 0 fully saturated rings. The molecule has 1 aromatic rings. The Kier molecular flexibility index (Phi) is 6.54. The van der Waals surface area contributed by atoms with Crippen LogP contribution in [0.5, 0.6) is 0 Å². The van der Waals surface area contributed by atoms with Crippen molar-refractivity contribution in [3.63, 3.8) is 0 Å². The van der Waals surface area contributed by atoms with Gasteiger partial charge in [-0.3, -0.25) is 9.88 Å². The van der Waals surface area contributed by atoms with Crippen LogP contribution in [-0.4, -0.2) is 41.0 Å². The van der Waals surface area contributed by atoms with Gasteiger partial charge in [0.1, 0.15) is 0 Å². The Hall–Kier alpha value is -1.53. The van der Waals surface area contributed by atoms with Crippen LogP contribution < -0.4 is 5.73 Å². The molecule has 5 nitrogen and oxygen atoms in total. The molecule has 0 saturated carbocycles. The molecule has 0 aromatic carbocycles. The Morgan fingerprint density at radius 2 is 2.25 bits per heavy atom. The summed E-state index contributed by atoms with van der Waals surface area (Å²) in [5, 5.41) is 0. The van der Waals surface area contributed by atoms with E-state index >= 15 is 0 Å². The topological polar surface area (TPSA) is 68.5 Å². The minimum atomic E-state index is -0.376. The lowest BCUT2D eigenvalue weighted by molar-refractivity contribution is 0.0600. The van der Waals surface area contributed by atoms with E-state index < -0.39 is 0 Å². The second-order valence-electron chi connectivity index (χ2n) is 4.66. The molecule has 20 heavy (non-hydrogen) atoms. The van der Waals surface area contributed by atoms with E-state index in [-0.39, 0.29) is 11.9 Å². The Morgan fingerprint density at radius 1 is 1.55 bits per heavy atom. The minimum absolute atomic E-state index is 0.166.